The van der Waals surface area contributed by atoms with Crippen LogP contribution in [0.25, 0.3) is 0 Å². The molecule has 0 bridgehead atoms. The molecule has 0 radical (unpaired) electrons. The highest BCUT2D eigenvalue weighted by Gasteiger charge is 2.25. The summed E-state index contributed by atoms with van der Waals surface area (Å²) in [5, 5.41) is 14.2. The van der Waals surface area contributed by atoms with Gasteiger partial charge < -0.3 is 15.0 Å². The predicted molar refractivity (Wildman–Crippen MR) is 108 cm³/mol. The summed E-state index contributed by atoms with van der Waals surface area (Å²) in [5.41, 5.74) is 1.33. The van der Waals surface area contributed by atoms with Gasteiger partial charge in [-0.2, -0.15) is 0 Å². The number of carbonyl (C=O) groups excluding carboxylic acids is 2. The average Bonchev–Trinajstić information content (AvgIpc) is 3.26. The van der Waals surface area contributed by atoms with E-state index in [1.165, 1.54) is 19.1 Å². The Morgan fingerprint density at radius 3 is 2.52 bits per heavy atom. The molecule has 1 saturated heterocycles. The van der Waals surface area contributed by atoms with E-state index >= 15 is 0 Å². The van der Waals surface area contributed by atoms with E-state index in [0.717, 1.165) is 31.5 Å². The van der Waals surface area contributed by atoms with Gasteiger partial charge in [0.05, 0.1) is 10.5 Å². The molecule has 1 fully saturated rings. The molecule has 1 amide bonds. The van der Waals surface area contributed by atoms with E-state index in [2.05, 4.69) is 5.32 Å². The van der Waals surface area contributed by atoms with Crippen LogP contribution in [0.4, 0.5) is 11.4 Å². The van der Waals surface area contributed by atoms with E-state index in [9.17, 15) is 19.7 Å². The molecular formula is C21H23N3O5. The molecule has 1 atom stereocenters. The summed E-state index contributed by atoms with van der Waals surface area (Å²) < 4.78 is 5.20. The van der Waals surface area contributed by atoms with Crippen LogP contribution in [-0.2, 0) is 16.1 Å². The lowest BCUT2D eigenvalue weighted by atomic mass is 10.1. The average molecular weight is 397 g/mol. The van der Waals surface area contributed by atoms with Gasteiger partial charge in [0.2, 0.25) is 0 Å². The molecule has 0 saturated carbocycles. The van der Waals surface area contributed by atoms with Crippen LogP contribution >= 0.6 is 0 Å². The minimum Gasteiger partial charge on any atom is -0.449 e. The molecule has 1 heterocycles. The van der Waals surface area contributed by atoms with Gasteiger partial charge in [0, 0.05) is 25.7 Å². The monoisotopic (exact) mass is 397 g/mol. The Morgan fingerprint density at radius 2 is 1.86 bits per heavy atom. The highest BCUT2D eigenvalue weighted by Crippen LogP contribution is 2.31. The molecule has 2 aromatic rings. The number of amides is 1. The third kappa shape index (κ3) is 5.10. The van der Waals surface area contributed by atoms with Crippen LogP contribution in [0, 0.1) is 10.1 Å². The van der Waals surface area contributed by atoms with Crippen molar-refractivity contribution in [2.24, 2.45) is 0 Å². The van der Waals surface area contributed by atoms with E-state index < -0.39 is 22.9 Å². The van der Waals surface area contributed by atoms with Crippen molar-refractivity contribution in [3.05, 3.63) is 69.8 Å². The summed E-state index contributed by atoms with van der Waals surface area (Å²) in [4.78, 5) is 37.5. The minimum absolute atomic E-state index is 0.0438. The number of anilines is 1. The van der Waals surface area contributed by atoms with E-state index in [1.54, 1.807) is 6.07 Å². The molecule has 0 aromatic heterocycles. The van der Waals surface area contributed by atoms with Gasteiger partial charge in [-0.25, -0.2) is 4.79 Å². The van der Waals surface area contributed by atoms with Crippen molar-refractivity contribution < 1.29 is 19.2 Å². The lowest BCUT2D eigenvalue weighted by molar-refractivity contribution is -0.384. The lowest BCUT2D eigenvalue weighted by Gasteiger charge is -2.18. The van der Waals surface area contributed by atoms with Crippen LogP contribution in [-0.4, -0.2) is 36.0 Å². The maximum atomic E-state index is 12.4. The zero-order valence-electron chi connectivity index (χ0n) is 16.2. The van der Waals surface area contributed by atoms with Crippen molar-refractivity contribution in [3.63, 3.8) is 0 Å². The number of hydrogen-bond donors (Lipinski definition) is 1. The summed E-state index contributed by atoms with van der Waals surface area (Å²) >= 11 is 0. The predicted octanol–water partition coefficient (Wildman–Crippen LogP) is 3.06. The number of carbonyl (C=O) groups is 2. The Morgan fingerprint density at radius 1 is 1.17 bits per heavy atom. The number of esters is 1. The first-order valence-corrected chi connectivity index (χ1v) is 9.51. The molecule has 3 rings (SSSR count). The zero-order chi connectivity index (χ0) is 20.8. The highest BCUT2D eigenvalue weighted by molar-refractivity contribution is 5.93. The highest BCUT2D eigenvalue weighted by atomic mass is 16.6. The van der Waals surface area contributed by atoms with Crippen LogP contribution in [0.15, 0.2) is 48.5 Å². The number of nitro benzene ring substituents is 1. The second-order valence-corrected chi connectivity index (χ2v) is 6.91. The van der Waals surface area contributed by atoms with Crippen molar-refractivity contribution in [2.75, 3.05) is 18.0 Å². The van der Waals surface area contributed by atoms with Gasteiger partial charge in [0.25, 0.3) is 11.6 Å². The first kappa shape index (κ1) is 20.3. The third-order valence-electron chi connectivity index (χ3n) is 4.82. The zero-order valence-corrected chi connectivity index (χ0v) is 16.2. The van der Waals surface area contributed by atoms with Gasteiger partial charge >= 0.3 is 5.97 Å². The molecule has 0 unspecified atom stereocenters. The van der Waals surface area contributed by atoms with Crippen molar-refractivity contribution in [1.82, 2.24) is 5.32 Å². The van der Waals surface area contributed by atoms with Crippen LogP contribution < -0.4 is 10.2 Å². The molecule has 0 aliphatic carbocycles. The molecule has 1 aliphatic heterocycles. The fraction of sp³-hybridized carbons (Fsp3) is 0.333. The molecular weight excluding hydrogens is 374 g/mol. The third-order valence-corrected chi connectivity index (χ3v) is 4.82. The Bertz CT molecular complexity index is 894. The molecule has 29 heavy (non-hydrogen) atoms. The molecule has 152 valence electrons. The first-order chi connectivity index (χ1) is 14.0. The van der Waals surface area contributed by atoms with E-state index in [4.69, 9.17) is 4.74 Å². The van der Waals surface area contributed by atoms with Crippen molar-refractivity contribution >= 4 is 23.3 Å². The van der Waals surface area contributed by atoms with E-state index in [1.807, 2.05) is 35.2 Å². The lowest BCUT2D eigenvalue weighted by Crippen LogP contribution is -2.35. The quantitative estimate of drug-likeness (QED) is 0.438. The summed E-state index contributed by atoms with van der Waals surface area (Å²) in [6.45, 7) is 3.29. The van der Waals surface area contributed by atoms with Gasteiger partial charge in [-0.05, 0) is 37.5 Å². The topological polar surface area (TPSA) is 102 Å². The molecule has 8 heteroatoms. The Balaban J connectivity index is 1.64. The van der Waals surface area contributed by atoms with Crippen LogP contribution in [0.1, 0.15) is 35.7 Å². The normalized spacial score (nSPS) is 14.3. The second-order valence-electron chi connectivity index (χ2n) is 6.91. The van der Waals surface area contributed by atoms with Gasteiger partial charge in [-0.3, -0.25) is 14.9 Å². The fourth-order valence-electron chi connectivity index (χ4n) is 3.23. The number of hydrogen-bond acceptors (Lipinski definition) is 6. The van der Waals surface area contributed by atoms with Gasteiger partial charge in [-0.1, -0.05) is 30.3 Å². The molecule has 0 spiro atoms. The number of benzene rings is 2. The first-order valence-electron chi connectivity index (χ1n) is 9.51. The van der Waals surface area contributed by atoms with E-state index in [-0.39, 0.29) is 11.3 Å². The largest absolute Gasteiger partial charge is 0.449 e. The summed E-state index contributed by atoms with van der Waals surface area (Å²) in [6, 6.07) is 13.6. The van der Waals surface area contributed by atoms with Crippen LogP contribution in [0.3, 0.4) is 0 Å². The number of nitrogens with one attached hydrogen (secondary N) is 1. The van der Waals surface area contributed by atoms with Crippen molar-refractivity contribution in [1.29, 1.82) is 0 Å². The summed E-state index contributed by atoms with van der Waals surface area (Å²) in [7, 11) is 0. The summed E-state index contributed by atoms with van der Waals surface area (Å²) in [6.07, 6.45) is 0.941. The Kier molecular flexibility index (Phi) is 6.43. The maximum Gasteiger partial charge on any atom is 0.339 e. The van der Waals surface area contributed by atoms with E-state index in [0.29, 0.717) is 12.2 Å². The summed E-state index contributed by atoms with van der Waals surface area (Å²) in [5.74, 6) is -1.21. The van der Waals surface area contributed by atoms with Gasteiger partial charge in [-0.15, -0.1) is 0 Å². The van der Waals surface area contributed by atoms with Crippen LogP contribution in [0.5, 0.6) is 0 Å². The number of rotatable bonds is 7. The maximum absolute atomic E-state index is 12.4. The van der Waals surface area contributed by atoms with Gasteiger partial charge in [0.1, 0.15) is 5.69 Å². The smallest absolute Gasteiger partial charge is 0.339 e. The molecule has 1 aliphatic rings. The molecule has 1 N–H and O–H groups in total. The molecule has 8 nitrogen and oxygen atoms in total. The van der Waals surface area contributed by atoms with Crippen molar-refractivity contribution in [2.45, 2.75) is 32.4 Å². The van der Waals surface area contributed by atoms with Crippen molar-refractivity contribution in [3.8, 4) is 0 Å². The van der Waals surface area contributed by atoms with Gasteiger partial charge in [0.15, 0.2) is 6.10 Å². The molecule has 2 aromatic carbocycles. The number of nitrogens with zero attached hydrogens (tertiary/aromatic N) is 2. The fourth-order valence-corrected chi connectivity index (χ4v) is 3.23. The Labute approximate surface area is 168 Å². The second kappa shape index (κ2) is 9.18. The Hall–Kier alpha value is -3.42. The standard InChI is InChI=1S/C21H23N3O5/c1-15(20(25)22-14-16-7-3-2-4-8-16)29-21(26)17-9-10-18(19(13-17)24(27)28)23-11-5-6-12-23/h2-4,7-10,13,15H,5-6,11-12,14H2,1H3,(H,22,25)/t15-/m0/s1. The number of nitro groups is 1. The number of ether oxygens (including phenoxy) is 1. The minimum atomic E-state index is -1.02. The SMILES string of the molecule is C[C@H](OC(=O)c1ccc(N2CCCC2)c([N+](=O)[O-])c1)C(=O)NCc1ccccc1. The van der Waals surface area contributed by atoms with Crippen LogP contribution in [0.2, 0.25) is 0 Å².